The normalized spacial score (nSPS) is 21.1. The predicted molar refractivity (Wildman–Crippen MR) is 101 cm³/mol. The molecule has 1 saturated heterocycles. The second-order valence-corrected chi connectivity index (χ2v) is 8.57. The second kappa shape index (κ2) is 7.27. The van der Waals surface area contributed by atoms with Gasteiger partial charge in [-0.2, -0.15) is 0 Å². The van der Waals surface area contributed by atoms with Crippen molar-refractivity contribution in [3.8, 4) is 0 Å². The van der Waals surface area contributed by atoms with Crippen LogP contribution in [-0.4, -0.2) is 43.3 Å². The molecule has 4 heteroatoms. The Kier molecular flexibility index (Phi) is 5.26. The molecule has 0 unspecified atom stereocenters. The molecule has 4 nitrogen and oxygen atoms in total. The van der Waals surface area contributed by atoms with Crippen molar-refractivity contribution in [3.63, 3.8) is 0 Å². The van der Waals surface area contributed by atoms with Crippen LogP contribution in [0.2, 0.25) is 0 Å². The van der Waals surface area contributed by atoms with Crippen molar-refractivity contribution in [2.45, 2.75) is 58.0 Å². The molecule has 0 bridgehead atoms. The van der Waals surface area contributed by atoms with Gasteiger partial charge in [0.2, 0.25) is 0 Å². The van der Waals surface area contributed by atoms with Crippen LogP contribution in [0.1, 0.15) is 57.9 Å². The molecular weight excluding hydrogens is 312 g/mol. The Morgan fingerprint density at radius 2 is 2.12 bits per heavy atom. The minimum atomic E-state index is -0.439. The summed E-state index contributed by atoms with van der Waals surface area (Å²) in [6.07, 6.45) is 4.86. The van der Waals surface area contributed by atoms with Crippen molar-refractivity contribution in [3.05, 3.63) is 29.8 Å². The van der Waals surface area contributed by atoms with Crippen LogP contribution in [0.4, 0.5) is 10.5 Å². The number of hydrogen-bond acceptors (Lipinski definition) is 3. The lowest BCUT2D eigenvalue weighted by molar-refractivity contribution is 0.0277. The lowest BCUT2D eigenvalue weighted by Gasteiger charge is -2.31. The zero-order valence-electron chi connectivity index (χ0n) is 16.0. The van der Waals surface area contributed by atoms with Crippen molar-refractivity contribution >= 4 is 11.8 Å². The van der Waals surface area contributed by atoms with Crippen LogP contribution >= 0.6 is 0 Å². The van der Waals surface area contributed by atoms with E-state index in [1.165, 1.54) is 30.5 Å². The molecule has 1 heterocycles. The molecular formula is C21H31N2O2. The van der Waals surface area contributed by atoms with Gasteiger partial charge in [-0.3, -0.25) is 0 Å². The number of carbonyl (C=O) groups is 1. The number of anilines is 1. The second-order valence-electron chi connectivity index (χ2n) is 8.57. The van der Waals surface area contributed by atoms with Crippen LogP contribution in [-0.2, 0) is 4.74 Å². The molecule has 1 saturated carbocycles. The first-order valence-electron chi connectivity index (χ1n) is 9.52. The Hall–Kier alpha value is -1.71. The standard InChI is InChI=1S/C21H31N2O2/c1-21(2,3)25-20(24)22(4)14-16-12-13-23(15-16)19-11-6-5-10-18(19)17-8-7-9-17/h6,10-11,16-17H,7-9,12-15H2,1-4H3/t16-/m0/s1. The smallest absolute Gasteiger partial charge is 0.410 e. The third-order valence-electron chi connectivity index (χ3n) is 5.28. The Morgan fingerprint density at radius 1 is 1.36 bits per heavy atom. The minimum Gasteiger partial charge on any atom is -0.444 e. The molecule has 1 amide bonds. The van der Waals surface area contributed by atoms with Gasteiger partial charge in [-0.1, -0.05) is 12.5 Å². The monoisotopic (exact) mass is 343 g/mol. The van der Waals surface area contributed by atoms with E-state index in [9.17, 15) is 4.79 Å². The number of rotatable bonds is 4. The number of nitrogens with zero attached hydrogens (tertiary/aromatic N) is 2. The van der Waals surface area contributed by atoms with Crippen LogP contribution in [0.25, 0.3) is 0 Å². The summed E-state index contributed by atoms with van der Waals surface area (Å²) >= 11 is 0. The fourth-order valence-corrected chi connectivity index (χ4v) is 3.77. The maximum atomic E-state index is 12.2. The largest absolute Gasteiger partial charge is 0.444 e. The third-order valence-corrected chi connectivity index (χ3v) is 5.28. The SMILES string of the molecule is CN(C[C@@H]1CCN(c2cc[c]cc2C2CCC2)C1)C(=O)OC(C)(C)C. The molecule has 1 aliphatic carbocycles. The quantitative estimate of drug-likeness (QED) is 0.810. The van der Waals surface area contributed by atoms with Gasteiger partial charge in [0.25, 0.3) is 0 Å². The number of amides is 1. The van der Waals surface area contributed by atoms with Crippen molar-refractivity contribution in [2.24, 2.45) is 5.92 Å². The van der Waals surface area contributed by atoms with Gasteiger partial charge >= 0.3 is 6.09 Å². The number of hydrogen-bond donors (Lipinski definition) is 0. The van der Waals surface area contributed by atoms with E-state index >= 15 is 0 Å². The first-order valence-corrected chi connectivity index (χ1v) is 9.52. The summed E-state index contributed by atoms with van der Waals surface area (Å²) in [5.41, 5.74) is 2.41. The van der Waals surface area contributed by atoms with Crippen LogP contribution in [0.3, 0.4) is 0 Å². The number of ether oxygens (including phenoxy) is 1. The summed E-state index contributed by atoms with van der Waals surface area (Å²) in [5.74, 6) is 1.21. The fourth-order valence-electron chi connectivity index (χ4n) is 3.77. The Morgan fingerprint density at radius 3 is 2.76 bits per heavy atom. The lowest BCUT2D eigenvalue weighted by atomic mass is 9.79. The van der Waals surface area contributed by atoms with Crippen molar-refractivity contribution in [1.82, 2.24) is 4.90 Å². The van der Waals surface area contributed by atoms with Crippen LogP contribution in [0.15, 0.2) is 18.2 Å². The lowest BCUT2D eigenvalue weighted by Crippen LogP contribution is -2.37. The van der Waals surface area contributed by atoms with E-state index in [4.69, 9.17) is 4.74 Å². The van der Waals surface area contributed by atoms with Gasteiger partial charge in [-0.25, -0.2) is 4.79 Å². The highest BCUT2D eigenvalue weighted by molar-refractivity contribution is 5.67. The maximum absolute atomic E-state index is 12.2. The summed E-state index contributed by atoms with van der Waals surface area (Å²) < 4.78 is 5.46. The van der Waals surface area contributed by atoms with Crippen LogP contribution in [0, 0.1) is 12.0 Å². The first-order chi connectivity index (χ1) is 11.8. The van der Waals surface area contributed by atoms with Crippen LogP contribution in [0.5, 0.6) is 0 Å². The molecule has 0 spiro atoms. The van der Waals surface area contributed by atoms with E-state index in [2.05, 4.69) is 23.1 Å². The highest BCUT2D eigenvalue weighted by atomic mass is 16.6. The van der Waals surface area contributed by atoms with Crippen molar-refractivity contribution in [2.75, 3.05) is 31.6 Å². The van der Waals surface area contributed by atoms with Gasteiger partial charge in [0.1, 0.15) is 5.60 Å². The molecule has 25 heavy (non-hydrogen) atoms. The van der Waals surface area contributed by atoms with E-state index in [0.717, 1.165) is 32.0 Å². The summed E-state index contributed by atoms with van der Waals surface area (Å²) in [5, 5.41) is 0. The molecule has 1 aromatic carbocycles. The Balaban J connectivity index is 1.58. The summed E-state index contributed by atoms with van der Waals surface area (Å²) in [6, 6.07) is 9.68. The summed E-state index contributed by atoms with van der Waals surface area (Å²) in [6.45, 7) is 8.55. The van der Waals surface area contributed by atoms with E-state index in [0.29, 0.717) is 5.92 Å². The van der Waals surface area contributed by atoms with E-state index in [-0.39, 0.29) is 6.09 Å². The summed E-state index contributed by atoms with van der Waals surface area (Å²) in [4.78, 5) is 16.4. The Labute approximate surface area is 152 Å². The predicted octanol–water partition coefficient (Wildman–Crippen LogP) is 4.45. The van der Waals surface area contributed by atoms with Crippen molar-refractivity contribution < 1.29 is 9.53 Å². The number of benzene rings is 1. The van der Waals surface area contributed by atoms with E-state index in [1.807, 2.05) is 33.9 Å². The van der Waals surface area contributed by atoms with Crippen molar-refractivity contribution in [1.29, 1.82) is 0 Å². The van der Waals surface area contributed by atoms with Gasteiger partial charge in [-0.15, -0.1) is 0 Å². The molecule has 1 radical (unpaired) electrons. The molecule has 2 fully saturated rings. The zero-order chi connectivity index (χ0) is 18.0. The molecule has 0 N–H and O–H groups in total. The zero-order valence-corrected chi connectivity index (χ0v) is 16.0. The molecule has 1 atom stereocenters. The summed E-state index contributed by atoms with van der Waals surface area (Å²) in [7, 11) is 1.84. The van der Waals surface area contributed by atoms with E-state index < -0.39 is 5.60 Å². The topological polar surface area (TPSA) is 32.8 Å². The third kappa shape index (κ3) is 4.47. The molecule has 1 aliphatic heterocycles. The maximum Gasteiger partial charge on any atom is 0.410 e. The molecule has 137 valence electrons. The van der Waals surface area contributed by atoms with Gasteiger partial charge in [0.15, 0.2) is 0 Å². The first kappa shape index (κ1) is 18.1. The average molecular weight is 343 g/mol. The minimum absolute atomic E-state index is 0.226. The average Bonchev–Trinajstić information content (AvgIpc) is 2.92. The molecule has 2 aliphatic rings. The van der Waals surface area contributed by atoms with Gasteiger partial charge in [-0.05, 0) is 75.6 Å². The molecule has 3 rings (SSSR count). The van der Waals surface area contributed by atoms with E-state index in [1.54, 1.807) is 4.90 Å². The van der Waals surface area contributed by atoms with Gasteiger partial charge in [0.05, 0.1) is 0 Å². The fraction of sp³-hybridized carbons (Fsp3) is 0.667. The van der Waals surface area contributed by atoms with Crippen LogP contribution < -0.4 is 4.90 Å². The molecule has 1 aromatic rings. The highest BCUT2D eigenvalue weighted by Crippen LogP contribution is 2.41. The molecule has 0 aromatic heterocycles. The number of carbonyl (C=O) groups excluding carboxylic acids is 1. The van der Waals surface area contributed by atoms with Gasteiger partial charge in [0, 0.05) is 32.4 Å². The highest BCUT2D eigenvalue weighted by Gasteiger charge is 2.30. The van der Waals surface area contributed by atoms with Gasteiger partial charge < -0.3 is 14.5 Å². The Bertz CT molecular complexity index is 604.